The van der Waals surface area contributed by atoms with Crippen LogP contribution < -0.4 is 5.73 Å². The summed E-state index contributed by atoms with van der Waals surface area (Å²) in [6, 6.07) is 3.60. The molecule has 1 aromatic rings. The molecule has 0 fully saturated rings. The number of allylic oxidation sites excluding steroid dienone is 1. The van der Waals surface area contributed by atoms with Crippen LogP contribution in [0.5, 0.6) is 0 Å². The highest BCUT2D eigenvalue weighted by Gasteiger charge is 2.25. The van der Waals surface area contributed by atoms with Gasteiger partial charge in [0, 0.05) is 37.4 Å². The van der Waals surface area contributed by atoms with Crippen molar-refractivity contribution in [3.63, 3.8) is 0 Å². The minimum absolute atomic E-state index is 0.457. The maximum atomic E-state index is 12.1. The highest BCUT2D eigenvalue weighted by molar-refractivity contribution is 5.76. The van der Waals surface area contributed by atoms with Crippen LogP contribution in [0.1, 0.15) is 19.4 Å². The summed E-state index contributed by atoms with van der Waals surface area (Å²) in [5, 5.41) is 0. The lowest BCUT2D eigenvalue weighted by Crippen LogP contribution is -2.35. The molecule has 0 saturated carbocycles. The molecule has 110 valence electrons. The van der Waals surface area contributed by atoms with E-state index in [1.165, 1.54) is 11.1 Å². The van der Waals surface area contributed by atoms with Crippen molar-refractivity contribution >= 4 is 18.1 Å². The topological polar surface area (TPSA) is 80.8 Å². The number of nitrogens with two attached hydrogens (primary N) is 1. The first-order chi connectivity index (χ1) is 9.96. The number of aromatic nitrogens is 1. The van der Waals surface area contributed by atoms with Crippen molar-refractivity contribution in [2.45, 2.75) is 25.9 Å². The number of hydrogen-bond donors (Lipinski definition) is 1. The Balaban J connectivity index is 1.99. The molecule has 0 aromatic carbocycles. The Hall–Kier alpha value is -2.63. The van der Waals surface area contributed by atoms with E-state index in [9.17, 15) is 4.79 Å². The zero-order chi connectivity index (χ0) is 15.3. The quantitative estimate of drug-likeness (QED) is 0.925. The molecule has 0 unspecified atom stereocenters. The molecule has 21 heavy (non-hydrogen) atoms. The number of amides is 1. The Kier molecular flexibility index (Phi) is 4.37. The number of nitrogen functional groups attached to an aromatic ring is 1. The van der Waals surface area contributed by atoms with Gasteiger partial charge >= 0.3 is 6.09 Å². The zero-order valence-electron chi connectivity index (χ0n) is 12.1. The lowest BCUT2D eigenvalue weighted by Gasteiger charge is -2.27. The molecular weight excluding hydrogens is 268 g/mol. The molecule has 0 atom stereocenters. The Morgan fingerprint density at radius 3 is 2.90 bits per heavy atom. The summed E-state index contributed by atoms with van der Waals surface area (Å²) in [5.41, 5.74) is 5.84. The van der Waals surface area contributed by atoms with Crippen molar-refractivity contribution in [1.82, 2.24) is 9.88 Å². The van der Waals surface area contributed by atoms with Gasteiger partial charge in [-0.2, -0.15) is 0 Å². The third-order valence-electron chi connectivity index (χ3n) is 2.78. The van der Waals surface area contributed by atoms with Gasteiger partial charge in [0.2, 0.25) is 0 Å². The van der Waals surface area contributed by atoms with E-state index in [2.05, 4.69) is 9.98 Å². The highest BCUT2D eigenvalue weighted by atomic mass is 16.6. The minimum atomic E-state index is -0.663. The van der Waals surface area contributed by atoms with E-state index in [0.29, 0.717) is 12.2 Å². The van der Waals surface area contributed by atoms with Crippen LogP contribution in [0.25, 0.3) is 0 Å². The standard InChI is InChI=1S/C15H18N4O2/c1-15(2,10-12-4-5-13(16)18-11-12)21-14(20)19-8-3-6-17-7-9-19/h3-9,11H,10H2,1-2H3,(H2,16,18). The molecular formula is C15H18N4O2. The molecule has 0 radical (unpaired) electrons. The predicted octanol–water partition coefficient (Wildman–Crippen LogP) is 2.49. The van der Waals surface area contributed by atoms with Gasteiger partial charge in [0.1, 0.15) is 11.4 Å². The Morgan fingerprint density at radius 1 is 1.38 bits per heavy atom. The molecule has 2 rings (SSSR count). The van der Waals surface area contributed by atoms with Crippen LogP contribution in [-0.4, -0.2) is 27.8 Å². The molecule has 1 amide bonds. The second-order valence-corrected chi connectivity index (χ2v) is 5.24. The number of rotatable bonds is 3. The molecule has 0 spiro atoms. The number of ether oxygens (including phenoxy) is 1. The van der Waals surface area contributed by atoms with Crippen molar-refractivity contribution < 1.29 is 9.53 Å². The molecule has 2 N–H and O–H groups in total. The molecule has 1 aromatic heterocycles. The van der Waals surface area contributed by atoms with Crippen molar-refractivity contribution in [2.24, 2.45) is 4.99 Å². The fourth-order valence-electron chi connectivity index (χ4n) is 1.87. The van der Waals surface area contributed by atoms with Crippen LogP contribution in [0.15, 0.2) is 48.0 Å². The largest absolute Gasteiger partial charge is 0.443 e. The Labute approximate surface area is 123 Å². The number of pyridine rings is 1. The van der Waals surface area contributed by atoms with Crippen LogP contribution in [0.3, 0.4) is 0 Å². The van der Waals surface area contributed by atoms with Crippen LogP contribution in [-0.2, 0) is 11.2 Å². The number of aliphatic imine (C=N–C) groups is 1. The summed E-state index contributed by atoms with van der Waals surface area (Å²) in [4.78, 5) is 21.4. The maximum Gasteiger partial charge on any atom is 0.418 e. The van der Waals surface area contributed by atoms with Crippen molar-refractivity contribution in [1.29, 1.82) is 0 Å². The van der Waals surface area contributed by atoms with E-state index in [1.54, 1.807) is 37.0 Å². The molecule has 1 aliphatic heterocycles. The second-order valence-electron chi connectivity index (χ2n) is 5.24. The summed E-state index contributed by atoms with van der Waals surface area (Å²) in [6.45, 7) is 3.70. The third kappa shape index (κ3) is 4.45. The summed E-state index contributed by atoms with van der Waals surface area (Å²) in [5.74, 6) is 0.466. The van der Waals surface area contributed by atoms with Gasteiger partial charge in [0.15, 0.2) is 0 Å². The van der Waals surface area contributed by atoms with Gasteiger partial charge in [-0.25, -0.2) is 9.78 Å². The summed E-state index contributed by atoms with van der Waals surface area (Å²) < 4.78 is 5.54. The monoisotopic (exact) mass is 286 g/mol. The first-order valence-corrected chi connectivity index (χ1v) is 6.55. The summed E-state index contributed by atoms with van der Waals surface area (Å²) in [7, 11) is 0. The average Bonchev–Trinajstić information content (AvgIpc) is 2.69. The third-order valence-corrected chi connectivity index (χ3v) is 2.78. The zero-order valence-corrected chi connectivity index (χ0v) is 12.1. The summed E-state index contributed by atoms with van der Waals surface area (Å²) in [6.07, 6.45) is 9.69. The van der Waals surface area contributed by atoms with E-state index in [4.69, 9.17) is 10.5 Å². The summed E-state index contributed by atoms with van der Waals surface area (Å²) >= 11 is 0. The number of carbonyl (C=O) groups excluding carboxylic acids is 1. The highest BCUT2D eigenvalue weighted by Crippen LogP contribution is 2.19. The van der Waals surface area contributed by atoms with E-state index in [-0.39, 0.29) is 0 Å². The molecule has 1 aliphatic rings. The van der Waals surface area contributed by atoms with Gasteiger partial charge in [0.25, 0.3) is 0 Å². The molecule has 0 aliphatic carbocycles. The SMILES string of the molecule is CC(C)(Cc1ccc(N)nc1)OC(=O)N1C=CC=NC=C1. The minimum Gasteiger partial charge on any atom is -0.443 e. The first-order valence-electron chi connectivity index (χ1n) is 6.55. The smallest absolute Gasteiger partial charge is 0.418 e. The van der Waals surface area contributed by atoms with E-state index in [1.807, 2.05) is 19.9 Å². The van der Waals surface area contributed by atoms with Gasteiger partial charge in [-0.3, -0.25) is 9.89 Å². The van der Waals surface area contributed by atoms with Crippen molar-refractivity contribution in [2.75, 3.05) is 5.73 Å². The normalized spacial score (nSPS) is 14.1. The van der Waals surface area contributed by atoms with Crippen molar-refractivity contribution in [3.05, 3.63) is 48.6 Å². The Bertz CT molecular complexity index is 572. The number of carbonyl (C=O) groups is 1. The number of nitrogens with zero attached hydrogens (tertiary/aromatic N) is 3. The van der Waals surface area contributed by atoms with Crippen LogP contribution in [0.4, 0.5) is 10.6 Å². The fourth-order valence-corrected chi connectivity index (χ4v) is 1.87. The van der Waals surface area contributed by atoms with Crippen LogP contribution in [0.2, 0.25) is 0 Å². The van der Waals surface area contributed by atoms with E-state index >= 15 is 0 Å². The first kappa shape index (κ1) is 14.8. The predicted molar refractivity (Wildman–Crippen MR) is 81.5 cm³/mol. The fraction of sp³-hybridized carbons (Fsp3) is 0.267. The molecule has 6 nitrogen and oxygen atoms in total. The van der Waals surface area contributed by atoms with Gasteiger partial charge in [0.05, 0.1) is 0 Å². The Morgan fingerprint density at radius 2 is 2.19 bits per heavy atom. The van der Waals surface area contributed by atoms with Crippen LogP contribution in [0, 0.1) is 0 Å². The van der Waals surface area contributed by atoms with Crippen LogP contribution >= 0.6 is 0 Å². The van der Waals surface area contributed by atoms with Gasteiger partial charge in [-0.05, 0) is 31.6 Å². The second kappa shape index (κ2) is 6.21. The lowest BCUT2D eigenvalue weighted by molar-refractivity contribution is 0.0275. The van der Waals surface area contributed by atoms with E-state index in [0.717, 1.165) is 5.56 Å². The van der Waals surface area contributed by atoms with Gasteiger partial charge in [-0.15, -0.1) is 0 Å². The maximum absolute atomic E-state index is 12.1. The van der Waals surface area contributed by atoms with Gasteiger partial charge in [-0.1, -0.05) is 6.07 Å². The molecule has 2 heterocycles. The molecule has 0 bridgehead atoms. The van der Waals surface area contributed by atoms with Crippen molar-refractivity contribution in [3.8, 4) is 0 Å². The van der Waals surface area contributed by atoms with Gasteiger partial charge < -0.3 is 10.5 Å². The molecule has 0 saturated heterocycles. The number of hydrogen-bond acceptors (Lipinski definition) is 5. The average molecular weight is 286 g/mol. The molecule has 6 heteroatoms. The lowest BCUT2D eigenvalue weighted by atomic mass is 10.00. The number of anilines is 1. The van der Waals surface area contributed by atoms with E-state index < -0.39 is 11.7 Å².